The van der Waals surface area contributed by atoms with Crippen molar-refractivity contribution in [3.63, 3.8) is 0 Å². The van der Waals surface area contributed by atoms with Gasteiger partial charge in [-0.3, -0.25) is 48.6 Å². The van der Waals surface area contributed by atoms with Gasteiger partial charge in [-0.1, -0.05) is 30.5 Å². The molecule has 1 aromatic carbocycles. The van der Waals surface area contributed by atoms with Crippen molar-refractivity contribution in [2.45, 2.75) is 89.4 Å². The Morgan fingerprint density at radius 1 is 0.908 bits per heavy atom. The molecule has 1 saturated carbocycles. The van der Waals surface area contributed by atoms with Crippen LogP contribution in [0.15, 0.2) is 55.0 Å². The number of amides is 6. The average Bonchev–Trinajstić information content (AvgIpc) is 4.11. The van der Waals surface area contributed by atoms with E-state index < -0.39 is 29.7 Å². The van der Waals surface area contributed by atoms with Crippen LogP contribution >= 0.6 is 0 Å². The van der Waals surface area contributed by atoms with Crippen LogP contribution < -0.4 is 20.9 Å². The molecule has 65 heavy (non-hydrogen) atoms. The van der Waals surface area contributed by atoms with Crippen LogP contribution in [0.4, 0.5) is 23.1 Å². The van der Waals surface area contributed by atoms with Gasteiger partial charge in [-0.05, 0) is 62.4 Å². The number of hydrogen-bond donors (Lipinski definition) is 3. The summed E-state index contributed by atoms with van der Waals surface area (Å²) in [5.41, 5.74) is 3.72. The summed E-state index contributed by atoms with van der Waals surface area (Å²) in [5.74, 6) is -1.68. The largest absolute Gasteiger partial charge is 0.368 e. The summed E-state index contributed by atoms with van der Waals surface area (Å²) < 4.78 is 3.93. The van der Waals surface area contributed by atoms with E-state index in [0.29, 0.717) is 37.0 Å². The summed E-state index contributed by atoms with van der Waals surface area (Å²) in [6.07, 6.45) is 12.4. The van der Waals surface area contributed by atoms with Gasteiger partial charge in [-0.2, -0.15) is 4.98 Å². The zero-order valence-corrected chi connectivity index (χ0v) is 36.5. The molecule has 6 amide bonds. The first kappa shape index (κ1) is 43.2. The predicted molar refractivity (Wildman–Crippen MR) is 238 cm³/mol. The van der Waals surface area contributed by atoms with Gasteiger partial charge in [0.05, 0.1) is 34.4 Å². The van der Waals surface area contributed by atoms with Crippen molar-refractivity contribution in [1.29, 1.82) is 0 Å². The van der Waals surface area contributed by atoms with Crippen LogP contribution in [0.2, 0.25) is 0 Å². The first-order valence-electron chi connectivity index (χ1n) is 22.3. The number of benzene rings is 1. The zero-order valence-electron chi connectivity index (χ0n) is 36.5. The molecule has 4 aliphatic rings. The minimum absolute atomic E-state index is 0.0260. The SMILES string of the molecule is CN(C)C(=O)c1cc2cnc(Nc3ccc(N4CCN(Cc5cn(CCCCCC(=O)Nc6cccc7c6C(=O)N(C6CCC(=O)NC6=O)C7=O)nn5)CC4)cn3)nc2n1C1CCCC1. The molecule has 1 aliphatic carbocycles. The maximum Gasteiger partial charge on any atom is 0.270 e. The summed E-state index contributed by atoms with van der Waals surface area (Å²) in [6, 6.07) is 9.68. The van der Waals surface area contributed by atoms with Crippen LogP contribution in [0, 0.1) is 0 Å². The molecule has 4 aromatic heterocycles. The second-order valence-corrected chi connectivity index (χ2v) is 17.3. The Morgan fingerprint density at radius 2 is 1.72 bits per heavy atom. The standard InChI is InChI=1S/C45H52N14O6/c1-54(2)43(64)35-23-28-24-47-45(51-40(28)58(35)30-9-5-6-10-30)49-36-16-14-31(25-46-36)56-21-19-55(20-22-56)26-29-27-57(53-52-29)18-7-3-4-13-37(60)48-33-12-8-11-32-39(33)44(65)59(42(32)63)34-15-17-38(61)50-41(34)62/h8,11-12,14,16,23-25,27,30,34H,3-7,9-10,13,15,17-22,26H2,1-2H3,(H,48,60)(H,50,61,62)(H,46,47,49,51). The number of anilines is 4. The van der Waals surface area contributed by atoms with Crippen LogP contribution in [-0.2, 0) is 27.5 Å². The fourth-order valence-electron chi connectivity index (χ4n) is 9.24. The molecule has 1 unspecified atom stereocenters. The van der Waals surface area contributed by atoms with Gasteiger partial charge in [0.15, 0.2) is 0 Å². The third-order valence-corrected chi connectivity index (χ3v) is 12.6. The Bertz CT molecular complexity index is 2640. The van der Waals surface area contributed by atoms with E-state index >= 15 is 0 Å². The second-order valence-electron chi connectivity index (χ2n) is 17.3. The van der Waals surface area contributed by atoms with Crippen molar-refractivity contribution in [3.05, 3.63) is 77.5 Å². The third-order valence-electron chi connectivity index (χ3n) is 12.6. The maximum atomic E-state index is 13.3. The number of nitrogens with one attached hydrogen (secondary N) is 3. The lowest BCUT2D eigenvalue weighted by Crippen LogP contribution is -2.54. The first-order valence-corrected chi connectivity index (χ1v) is 22.3. The van der Waals surface area contributed by atoms with E-state index in [4.69, 9.17) is 4.98 Å². The highest BCUT2D eigenvalue weighted by molar-refractivity contribution is 6.26. The smallest absolute Gasteiger partial charge is 0.270 e. The van der Waals surface area contributed by atoms with Crippen molar-refractivity contribution >= 4 is 69.6 Å². The highest BCUT2D eigenvalue weighted by Gasteiger charge is 2.45. The monoisotopic (exact) mass is 884 g/mol. The fraction of sp³-hybridized carbons (Fsp3) is 0.444. The molecule has 20 nitrogen and oxygen atoms in total. The van der Waals surface area contributed by atoms with E-state index in [-0.39, 0.29) is 53.9 Å². The quantitative estimate of drug-likeness (QED) is 0.100. The number of fused-ring (bicyclic) bond motifs is 2. The minimum Gasteiger partial charge on any atom is -0.368 e. The van der Waals surface area contributed by atoms with Gasteiger partial charge < -0.3 is 25.0 Å². The molecule has 2 saturated heterocycles. The molecule has 5 aromatic rings. The molecule has 1 atom stereocenters. The molecule has 0 bridgehead atoms. The summed E-state index contributed by atoms with van der Waals surface area (Å²) in [5, 5.41) is 17.8. The number of piperidine rings is 1. The molecule has 338 valence electrons. The normalized spacial score (nSPS) is 18.1. The number of carbonyl (C=O) groups excluding carboxylic acids is 6. The number of carbonyl (C=O) groups is 6. The van der Waals surface area contributed by atoms with Gasteiger partial charge in [-0.25, -0.2) is 9.97 Å². The van der Waals surface area contributed by atoms with Gasteiger partial charge in [0, 0.05) is 90.0 Å². The van der Waals surface area contributed by atoms with Gasteiger partial charge >= 0.3 is 0 Å². The van der Waals surface area contributed by atoms with Gasteiger partial charge in [0.2, 0.25) is 23.7 Å². The van der Waals surface area contributed by atoms with E-state index in [2.05, 4.69) is 56.7 Å². The van der Waals surface area contributed by atoms with Crippen molar-refractivity contribution in [1.82, 2.24) is 54.5 Å². The highest BCUT2D eigenvalue weighted by atomic mass is 16.2. The molecule has 9 rings (SSSR count). The molecule has 20 heteroatoms. The molecule has 3 fully saturated rings. The predicted octanol–water partition coefficient (Wildman–Crippen LogP) is 3.90. The van der Waals surface area contributed by atoms with Crippen LogP contribution in [0.1, 0.15) is 107 Å². The second kappa shape index (κ2) is 18.6. The summed E-state index contributed by atoms with van der Waals surface area (Å²) >= 11 is 0. The molecule has 3 N–H and O–H groups in total. The van der Waals surface area contributed by atoms with Gasteiger partial charge in [0.1, 0.15) is 23.2 Å². The van der Waals surface area contributed by atoms with Crippen molar-refractivity contribution in [3.8, 4) is 0 Å². The van der Waals surface area contributed by atoms with E-state index in [1.165, 1.54) is 6.07 Å². The van der Waals surface area contributed by atoms with Crippen molar-refractivity contribution in [2.24, 2.45) is 0 Å². The fourth-order valence-corrected chi connectivity index (χ4v) is 9.24. The minimum atomic E-state index is -1.08. The van der Waals surface area contributed by atoms with Crippen LogP contribution in [0.5, 0.6) is 0 Å². The lowest BCUT2D eigenvalue weighted by Gasteiger charge is -2.35. The highest BCUT2D eigenvalue weighted by Crippen LogP contribution is 2.36. The van der Waals surface area contributed by atoms with Crippen LogP contribution in [0.3, 0.4) is 0 Å². The summed E-state index contributed by atoms with van der Waals surface area (Å²) in [7, 11) is 3.54. The Hall–Kier alpha value is -7.09. The van der Waals surface area contributed by atoms with Crippen LogP contribution in [-0.4, -0.2) is 131 Å². The van der Waals surface area contributed by atoms with Crippen molar-refractivity contribution < 1.29 is 28.8 Å². The summed E-state index contributed by atoms with van der Waals surface area (Å²) in [4.78, 5) is 97.7. The molecular weight excluding hydrogens is 833 g/mol. The van der Waals surface area contributed by atoms with E-state index in [0.717, 1.165) is 92.0 Å². The number of pyridine rings is 1. The topological polar surface area (TPSA) is 226 Å². The number of imide groups is 2. The Balaban J connectivity index is 0.700. The van der Waals surface area contributed by atoms with Gasteiger partial charge in [-0.15, -0.1) is 5.10 Å². The first-order chi connectivity index (χ1) is 31.5. The number of aryl methyl sites for hydroxylation is 1. The number of nitrogens with zero attached hydrogens (tertiary/aromatic N) is 11. The molecule has 7 heterocycles. The lowest BCUT2D eigenvalue weighted by atomic mass is 10.0. The number of aromatic nitrogens is 7. The number of rotatable bonds is 15. The number of unbranched alkanes of at least 4 members (excludes halogenated alkanes) is 2. The Labute approximate surface area is 374 Å². The van der Waals surface area contributed by atoms with Crippen molar-refractivity contribution in [2.75, 3.05) is 55.8 Å². The molecule has 3 aliphatic heterocycles. The lowest BCUT2D eigenvalue weighted by molar-refractivity contribution is -0.136. The Kier molecular flexibility index (Phi) is 12.3. The molecule has 0 spiro atoms. The van der Waals surface area contributed by atoms with Gasteiger partial charge in [0.25, 0.3) is 17.7 Å². The molecular formula is C45H52N14O6. The maximum absolute atomic E-state index is 13.3. The third kappa shape index (κ3) is 9.15. The van der Waals surface area contributed by atoms with Crippen LogP contribution in [0.25, 0.3) is 11.0 Å². The molecule has 0 radical (unpaired) electrons. The zero-order chi connectivity index (χ0) is 45.2. The van der Waals surface area contributed by atoms with E-state index in [1.54, 1.807) is 37.3 Å². The number of piperazine rings is 1. The Morgan fingerprint density at radius 3 is 2.48 bits per heavy atom. The number of hydrogen-bond acceptors (Lipinski definition) is 14. The van der Waals surface area contributed by atoms with E-state index in [1.807, 2.05) is 29.2 Å². The summed E-state index contributed by atoms with van der Waals surface area (Å²) in [6.45, 7) is 4.74. The van der Waals surface area contributed by atoms with E-state index in [9.17, 15) is 28.8 Å². The average molecular weight is 885 g/mol.